The van der Waals surface area contributed by atoms with Crippen molar-refractivity contribution in [1.82, 2.24) is 0 Å². The Hall–Kier alpha value is -0.480. The maximum atomic E-state index is 6.58. The third kappa shape index (κ3) is 3.22. The summed E-state index contributed by atoms with van der Waals surface area (Å²) in [4.78, 5) is 0. The molecule has 2 nitrogen and oxygen atoms in total. The van der Waals surface area contributed by atoms with E-state index >= 15 is 0 Å². The highest BCUT2D eigenvalue weighted by molar-refractivity contribution is 9.10. The van der Waals surface area contributed by atoms with Gasteiger partial charge in [0.05, 0.1) is 11.6 Å². The number of hydrogen-bond acceptors (Lipinski definition) is 4. The Labute approximate surface area is 196 Å². The molecular formula is C24H26BrO2PS2. The fraction of sp³-hybridized carbons (Fsp3) is 0.500. The Morgan fingerprint density at radius 1 is 1.07 bits per heavy atom. The van der Waals surface area contributed by atoms with Gasteiger partial charge in [-0.05, 0) is 125 Å². The Morgan fingerprint density at radius 3 is 2.30 bits per heavy atom. The molecule has 158 valence electrons. The number of hydrogen-bond donors (Lipinski definition) is 0. The fourth-order valence-electron chi connectivity index (χ4n) is 6.82. The van der Waals surface area contributed by atoms with Crippen molar-refractivity contribution in [1.29, 1.82) is 0 Å². The summed E-state index contributed by atoms with van der Waals surface area (Å²) in [7, 11) is 1.69. The van der Waals surface area contributed by atoms with Crippen LogP contribution in [0.1, 0.15) is 49.7 Å². The summed E-state index contributed by atoms with van der Waals surface area (Å²) in [5.41, 5.74) is 1.11. The van der Waals surface area contributed by atoms with Gasteiger partial charge in [-0.3, -0.25) is 0 Å². The first kappa shape index (κ1) is 20.1. The van der Waals surface area contributed by atoms with Crippen LogP contribution in [-0.4, -0.2) is 7.11 Å². The molecule has 1 aliphatic heterocycles. The van der Waals surface area contributed by atoms with Gasteiger partial charge in [-0.25, -0.2) is 0 Å². The first-order valence-electron chi connectivity index (χ1n) is 10.9. The lowest BCUT2D eigenvalue weighted by molar-refractivity contribution is -0.00524. The molecule has 0 aromatic heterocycles. The van der Waals surface area contributed by atoms with E-state index in [2.05, 4.69) is 40.2 Å². The summed E-state index contributed by atoms with van der Waals surface area (Å²) >= 11 is 11.8. The van der Waals surface area contributed by atoms with Crippen molar-refractivity contribution < 1.29 is 9.26 Å². The molecule has 0 spiro atoms. The zero-order valence-electron chi connectivity index (χ0n) is 17.1. The van der Waals surface area contributed by atoms with Crippen molar-refractivity contribution in [3.8, 4) is 11.5 Å². The Bertz CT molecular complexity index is 1020. The van der Waals surface area contributed by atoms with Gasteiger partial charge in [-0.1, -0.05) is 17.4 Å². The molecule has 2 aromatic rings. The number of methoxy groups -OCH3 is 1. The van der Waals surface area contributed by atoms with E-state index in [1.165, 1.54) is 44.1 Å². The van der Waals surface area contributed by atoms with E-state index in [1.54, 1.807) is 12.7 Å². The predicted octanol–water partition coefficient (Wildman–Crippen LogP) is 7.19. The number of halogens is 1. The van der Waals surface area contributed by atoms with E-state index in [1.807, 2.05) is 23.5 Å². The van der Waals surface area contributed by atoms with E-state index in [0.717, 1.165) is 44.8 Å². The molecule has 4 fully saturated rings. The van der Waals surface area contributed by atoms with Crippen LogP contribution in [0.5, 0.6) is 11.5 Å². The summed E-state index contributed by atoms with van der Waals surface area (Å²) in [6, 6.07) is 12.9. The SMILES string of the molecule is COc1ccc(P2(=S)Oc3c(Br)cc(C45CC6CC(CC(C6)C4)C5)cc3CS2)cc1. The summed E-state index contributed by atoms with van der Waals surface area (Å²) in [6.07, 6.45) is 8.62. The standard InChI is InChI=1S/C24H26BrO2PS2/c1-26-20-2-4-21(5-3-20)28(29)27-23-18(14-30-28)9-19(10-22(23)25)24-11-15-6-16(12-24)8-17(7-15)13-24/h2-5,9-10,15-17H,6-8,11-14H2,1H3. The van der Waals surface area contributed by atoms with Gasteiger partial charge in [0.1, 0.15) is 11.5 Å². The number of rotatable bonds is 3. The van der Waals surface area contributed by atoms with Crippen LogP contribution in [0, 0.1) is 17.8 Å². The molecule has 0 N–H and O–H groups in total. The summed E-state index contributed by atoms with van der Waals surface area (Å²) in [5, 5.41) is 1.10. The van der Waals surface area contributed by atoms with Crippen molar-refractivity contribution in [2.45, 2.75) is 49.7 Å². The van der Waals surface area contributed by atoms with Crippen molar-refractivity contribution in [2.24, 2.45) is 17.8 Å². The molecule has 6 heteroatoms. The van der Waals surface area contributed by atoms with Crippen LogP contribution in [-0.2, 0) is 23.0 Å². The molecule has 5 aliphatic rings. The maximum Gasteiger partial charge on any atom is 0.197 e. The summed E-state index contributed by atoms with van der Waals surface area (Å²) in [6.45, 7) is 0. The van der Waals surface area contributed by atoms with Crippen molar-refractivity contribution >= 4 is 49.9 Å². The minimum absolute atomic E-state index is 0.407. The molecule has 4 saturated carbocycles. The highest BCUT2D eigenvalue weighted by Gasteiger charge is 2.52. The van der Waals surface area contributed by atoms with E-state index in [9.17, 15) is 0 Å². The highest BCUT2D eigenvalue weighted by Crippen LogP contribution is 2.66. The summed E-state index contributed by atoms with van der Waals surface area (Å²) in [5.74, 6) is 5.62. The van der Waals surface area contributed by atoms with E-state index < -0.39 is 5.47 Å². The van der Waals surface area contributed by atoms with Gasteiger partial charge < -0.3 is 9.26 Å². The third-order valence-corrected chi connectivity index (χ3v) is 14.6. The van der Waals surface area contributed by atoms with Gasteiger partial charge in [0.25, 0.3) is 0 Å². The van der Waals surface area contributed by atoms with Crippen LogP contribution in [0.25, 0.3) is 0 Å². The van der Waals surface area contributed by atoms with Gasteiger partial charge in [-0.2, -0.15) is 0 Å². The topological polar surface area (TPSA) is 18.5 Å². The Balaban J connectivity index is 1.34. The molecule has 4 aliphatic carbocycles. The molecule has 30 heavy (non-hydrogen) atoms. The zero-order chi connectivity index (χ0) is 20.5. The number of fused-ring (bicyclic) bond motifs is 1. The molecule has 2 aromatic carbocycles. The van der Waals surface area contributed by atoms with Crippen molar-refractivity contribution in [3.63, 3.8) is 0 Å². The lowest BCUT2D eigenvalue weighted by atomic mass is 9.48. The van der Waals surface area contributed by atoms with Crippen molar-refractivity contribution in [2.75, 3.05) is 7.11 Å². The Morgan fingerprint density at radius 2 is 1.70 bits per heavy atom. The molecule has 1 unspecified atom stereocenters. The smallest absolute Gasteiger partial charge is 0.197 e. The number of ether oxygens (including phenoxy) is 1. The van der Waals surface area contributed by atoms with Crippen LogP contribution in [0.4, 0.5) is 0 Å². The van der Waals surface area contributed by atoms with Gasteiger partial charge in [0.2, 0.25) is 0 Å². The normalized spacial score (nSPS) is 36.3. The molecule has 0 radical (unpaired) electrons. The van der Waals surface area contributed by atoms with Crippen LogP contribution in [0.15, 0.2) is 40.9 Å². The van der Waals surface area contributed by atoms with Gasteiger partial charge in [-0.15, -0.1) is 0 Å². The molecule has 1 atom stereocenters. The maximum absolute atomic E-state index is 6.58. The highest BCUT2D eigenvalue weighted by atomic mass is 79.9. The second kappa shape index (κ2) is 7.27. The number of benzene rings is 2. The fourth-order valence-corrected chi connectivity index (χ4v) is 12.5. The lowest BCUT2D eigenvalue weighted by Gasteiger charge is -2.57. The van der Waals surface area contributed by atoms with Crippen LogP contribution in [0.3, 0.4) is 0 Å². The Kier molecular flexibility index (Phi) is 4.88. The van der Waals surface area contributed by atoms with Crippen LogP contribution in [0.2, 0.25) is 0 Å². The average molecular weight is 521 g/mol. The van der Waals surface area contributed by atoms with Crippen LogP contribution < -0.4 is 14.6 Å². The largest absolute Gasteiger partial charge is 0.497 e. The quantitative estimate of drug-likeness (QED) is 0.398. The first-order valence-corrected chi connectivity index (χ1v) is 16.0. The van der Waals surface area contributed by atoms with E-state index in [-0.39, 0.29) is 0 Å². The molecule has 0 amide bonds. The van der Waals surface area contributed by atoms with Gasteiger partial charge >= 0.3 is 0 Å². The van der Waals surface area contributed by atoms with Crippen molar-refractivity contribution in [3.05, 3.63) is 52.0 Å². The average Bonchev–Trinajstić information content (AvgIpc) is 2.73. The zero-order valence-corrected chi connectivity index (χ0v) is 21.2. The third-order valence-electron chi connectivity index (χ3n) is 7.76. The molecule has 1 heterocycles. The molecule has 0 saturated heterocycles. The second-order valence-electron chi connectivity index (χ2n) is 9.70. The van der Waals surface area contributed by atoms with Gasteiger partial charge in [0.15, 0.2) is 5.47 Å². The molecular weight excluding hydrogens is 495 g/mol. The second-order valence-corrected chi connectivity index (χ2v) is 17.4. The van der Waals surface area contributed by atoms with Gasteiger partial charge in [0, 0.05) is 16.6 Å². The minimum Gasteiger partial charge on any atom is -0.497 e. The summed E-state index contributed by atoms with van der Waals surface area (Å²) < 4.78 is 13.0. The minimum atomic E-state index is -2.16. The van der Waals surface area contributed by atoms with E-state index in [0.29, 0.717) is 5.41 Å². The molecule has 4 bridgehead atoms. The van der Waals surface area contributed by atoms with E-state index in [4.69, 9.17) is 21.1 Å². The van der Waals surface area contributed by atoms with Crippen LogP contribution >= 0.6 is 32.8 Å². The monoisotopic (exact) mass is 520 g/mol. The first-order chi connectivity index (χ1) is 14.5. The lowest BCUT2D eigenvalue weighted by Crippen LogP contribution is -2.48. The molecule has 7 rings (SSSR count). The predicted molar refractivity (Wildman–Crippen MR) is 133 cm³/mol.